The Morgan fingerprint density at radius 2 is 1.97 bits per heavy atom. The highest BCUT2D eigenvalue weighted by atomic mass is 19.1. The summed E-state index contributed by atoms with van der Waals surface area (Å²) in [5.74, 6) is -0.959. The molecule has 1 N–H and O–H groups in total. The number of aliphatic hydroxyl groups is 1. The lowest BCUT2D eigenvalue weighted by molar-refractivity contribution is 0.0152. The van der Waals surface area contributed by atoms with Crippen molar-refractivity contribution in [2.75, 3.05) is 26.2 Å². The number of rotatable bonds is 5. The van der Waals surface area contributed by atoms with Gasteiger partial charge in [-0.2, -0.15) is 0 Å². The average Bonchev–Trinajstić information content (AvgIpc) is 2.68. The van der Waals surface area contributed by atoms with Crippen molar-refractivity contribution in [2.45, 2.75) is 45.7 Å². The van der Waals surface area contributed by atoms with Crippen LogP contribution in [0.4, 0.5) is 9.18 Å². The second kappa shape index (κ2) is 8.92. The molecule has 1 aliphatic heterocycles. The first kappa shape index (κ1) is 21.3. The molecule has 1 amide bonds. The predicted molar refractivity (Wildman–Crippen MR) is 107 cm³/mol. The van der Waals surface area contributed by atoms with E-state index in [2.05, 4.69) is 4.90 Å². The largest absolute Gasteiger partial charge is 0.423 e. The first-order valence-corrected chi connectivity index (χ1v) is 9.96. The SMILES string of the molecule is CC[C@@H]1[C@H](CC)N(CCO)CCN1C(=O)Oc1cc2oc(=O)cc(C)c2cc1F. The second-order valence-electron chi connectivity index (χ2n) is 7.30. The topological polar surface area (TPSA) is 83.2 Å². The van der Waals surface area contributed by atoms with Crippen molar-refractivity contribution in [3.63, 3.8) is 0 Å². The maximum Gasteiger partial charge on any atom is 0.415 e. The molecule has 0 aliphatic carbocycles. The smallest absolute Gasteiger partial charge is 0.415 e. The molecule has 1 aliphatic rings. The number of piperazine rings is 1. The van der Waals surface area contributed by atoms with Gasteiger partial charge in [-0.25, -0.2) is 14.0 Å². The van der Waals surface area contributed by atoms with Crippen LogP contribution in [0.3, 0.4) is 0 Å². The zero-order valence-electron chi connectivity index (χ0n) is 17.0. The van der Waals surface area contributed by atoms with E-state index in [1.807, 2.05) is 13.8 Å². The second-order valence-corrected chi connectivity index (χ2v) is 7.30. The van der Waals surface area contributed by atoms with Gasteiger partial charge >= 0.3 is 11.7 Å². The molecule has 1 fully saturated rings. The molecular weight excluding hydrogens is 379 g/mol. The van der Waals surface area contributed by atoms with Gasteiger partial charge in [-0.1, -0.05) is 13.8 Å². The number of carbonyl (C=O) groups is 1. The van der Waals surface area contributed by atoms with Crippen molar-refractivity contribution in [3.8, 4) is 5.75 Å². The molecule has 0 unspecified atom stereocenters. The van der Waals surface area contributed by atoms with Crippen LogP contribution in [-0.2, 0) is 0 Å². The number of carbonyl (C=O) groups excluding carboxylic acids is 1. The molecular formula is C21H27FN2O5. The van der Waals surface area contributed by atoms with Gasteiger partial charge in [-0.3, -0.25) is 4.90 Å². The third kappa shape index (κ3) is 4.28. The van der Waals surface area contributed by atoms with Gasteiger partial charge in [-0.15, -0.1) is 0 Å². The van der Waals surface area contributed by atoms with Gasteiger partial charge in [0, 0.05) is 43.2 Å². The maximum absolute atomic E-state index is 14.6. The van der Waals surface area contributed by atoms with Gasteiger partial charge in [0.1, 0.15) is 5.58 Å². The fourth-order valence-corrected chi connectivity index (χ4v) is 4.22. The molecule has 2 aromatic rings. The monoisotopic (exact) mass is 406 g/mol. The lowest BCUT2D eigenvalue weighted by atomic mass is 9.97. The van der Waals surface area contributed by atoms with Gasteiger partial charge in [0.25, 0.3) is 0 Å². The number of hydrogen-bond donors (Lipinski definition) is 1. The van der Waals surface area contributed by atoms with Crippen molar-refractivity contribution in [1.29, 1.82) is 0 Å². The highest BCUT2D eigenvalue weighted by molar-refractivity contribution is 5.82. The molecule has 7 nitrogen and oxygen atoms in total. The van der Waals surface area contributed by atoms with Crippen LogP contribution in [0.15, 0.2) is 27.4 Å². The zero-order chi connectivity index (χ0) is 21.1. The van der Waals surface area contributed by atoms with Crippen LogP contribution in [0, 0.1) is 12.7 Å². The number of ether oxygens (including phenoxy) is 1. The third-order valence-electron chi connectivity index (χ3n) is 5.60. The van der Waals surface area contributed by atoms with Crippen LogP contribution >= 0.6 is 0 Å². The summed E-state index contributed by atoms with van der Waals surface area (Å²) in [5.41, 5.74) is 0.214. The lowest BCUT2D eigenvalue weighted by Crippen LogP contribution is -2.61. The molecule has 1 aromatic carbocycles. The van der Waals surface area contributed by atoms with E-state index < -0.39 is 17.5 Å². The first-order valence-electron chi connectivity index (χ1n) is 9.96. The van der Waals surface area contributed by atoms with Crippen LogP contribution < -0.4 is 10.4 Å². The number of fused-ring (bicyclic) bond motifs is 1. The Labute approximate surface area is 168 Å². The van der Waals surface area contributed by atoms with E-state index in [9.17, 15) is 19.1 Å². The Hall–Kier alpha value is -2.45. The summed E-state index contributed by atoms with van der Waals surface area (Å²) < 4.78 is 25.1. The minimum Gasteiger partial charge on any atom is -0.423 e. The lowest BCUT2D eigenvalue weighted by Gasteiger charge is -2.46. The number of nitrogens with zero attached hydrogens (tertiary/aromatic N) is 2. The molecule has 1 aromatic heterocycles. The number of halogens is 1. The molecule has 0 bridgehead atoms. The summed E-state index contributed by atoms with van der Waals surface area (Å²) in [6.45, 7) is 7.37. The van der Waals surface area contributed by atoms with Crippen LogP contribution in [0.2, 0.25) is 0 Å². The van der Waals surface area contributed by atoms with E-state index in [1.165, 1.54) is 18.2 Å². The van der Waals surface area contributed by atoms with Gasteiger partial charge < -0.3 is 19.2 Å². The maximum atomic E-state index is 14.6. The fourth-order valence-electron chi connectivity index (χ4n) is 4.22. The van der Waals surface area contributed by atoms with E-state index in [0.29, 0.717) is 37.0 Å². The van der Waals surface area contributed by atoms with Crippen LogP contribution in [0.5, 0.6) is 5.75 Å². The number of benzene rings is 1. The van der Waals surface area contributed by atoms with Crippen molar-refractivity contribution in [1.82, 2.24) is 9.80 Å². The number of aliphatic hydroxyl groups excluding tert-OH is 1. The van der Waals surface area contributed by atoms with E-state index in [1.54, 1.807) is 11.8 Å². The predicted octanol–water partition coefficient (Wildman–Crippen LogP) is 2.91. The van der Waals surface area contributed by atoms with Gasteiger partial charge in [-0.05, 0) is 31.4 Å². The van der Waals surface area contributed by atoms with Crippen molar-refractivity contribution < 1.29 is 23.4 Å². The van der Waals surface area contributed by atoms with Gasteiger partial charge in [0.2, 0.25) is 0 Å². The highest BCUT2D eigenvalue weighted by Gasteiger charge is 2.37. The van der Waals surface area contributed by atoms with Crippen molar-refractivity contribution in [3.05, 3.63) is 40.0 Å². The van der Waals surface area contributed by atoms with E-state index in [-0.39, 0.29) is 30.0 Å². The minimum absolute atomic E-state index is 0.0598. The molecule has 2 atom stereocenters. The molecule has 1 saturated heterocycles. The van der Waals surface area contributed by atoms with E-state index in [4.69, 9.17) is 9.15 Å². The Morgan fingerprint density at radius 3 is 2.62 bits per heavy atom. The molecule has 3 rings (SSSR count). The Morgan fingerprint density at radius 1 is 1.24 bits per heavy atom. The number of hydrogen-bond acceptors (Lipinski definition) is 6. The van der Waals surface area contributed by atoms with Gasteiger partial charge in [0.05, 0.1) is 12.6 Å². The standard InChI is InChI=1S/C21H27FN2O5/c1-4-16-17(5-2)24(7-6-23(16)8-9-25)21(27)29-19-12-18-14(11-15(19)22)13(3)10-20(26)28-18/h10-12,16-17,25H,4-9H2,1-3H3/t16-,17+/m0/s1. The molecule has 0 radical (unpaired) electrons. The number of amides is 1. The normalized spacial score (nSPS) is 20.2. The van der Waals surface area contributed by atoms with Crippen molar-refractivity contribution in [2.24, 2.45) is 0 Å². The number of aryl methyl sites for hydroxylation is 1. The van der Waals surface area contributed by atoms with E-state index >= 15 is 0 Å². The van der Waals surface area contributed by atoms with E-state index in [0.717, 1.165) is 6.42 Å². The summed E-state index contributed by atoms with van der Waals surface area (Å²) in [6, 6.07) is 3.74. The zero-order valence-corrected chi connectivity index (χ0v) is 17.0. The summed E-state index contributed by atoms with van der Waals surface area (Å²) in [7, 11) is 0. The van der Waals surface area contributed by atoms with Crippen LogP contribution in [-0.4, -0.2) is 59.3 Å². The molecule has 29 heavy (non-hydrogen) atoms. The average molecular weight is 406 g/mol. The molecule has 0 spiro atoms. The summed E-state index contributed by atoms with van der Waals surface area (Å²) in [4.78, 5) is 28.3. The molecule has 0 saturated carbocycles. The Balaban J connectivity index is 1.85. The van der Waals surface area contributed by atoms with Crippen LogP contribution in [0.1, 0.15) is 32.3 Å². The van der Waals surface area contributed by atoms with Crippen LogP contribution in [0.25, 0.3) is 11.0 Å². The van der Waals surface area contributed by atoms with Crippen molar-refractivity contribution >= 4 is 17.1 Å². The summed E-state index contributed by atoms with van der Waals surface area (Å²) in [5, 5.41) is 9.75. The molecule has 158 valence electrons. The quantitative estimate of drug-likeness (QED) is 0.769. The Kier molecular flexibility index (Phi) is 6.54. The highest BCUT2D eigenvalue weighted by Crippen LogP contribution is 2.28. The summed E-state index contributed by atoms with van der Waals surface area (Å²) in [6.07, 6.45) is 0.896. The molecule has 2 heterocycles. The summed E-state index contributed by atoms with van der Waals surface area (Å²) >= 11 is 0. The fraction of sp³-hybridized carbons (Fsp3) is 0.524. The third-order valence-corrected chi connectivity index (χ3v) is 5.60. The molecule has 8 heteroatoms. The first-order chi connectivity index (χ1) is 13.9. The minimum atomic E-state index is -0.693. The number of β-amino-alcohol motifs (C(OH)–C–C–N with tert-alkyl or cyclic N) is 1. The Bertz CT molecular complexity index is 945. The van der Waals surface area contributed by atoms with Gasteiger partial charge in [0.15, 0.2) is 11.6 Å².